The molecule has 0 bridgehead atoms. The average molecular weight is 294 g/mol. The van der Waals surface area contributed by atoms with Gasteiger partial charge in [-0.2, -0.15) is 0 Å². The second-order valence-electron chi connectivity index (χ2n) is 5.10. The molecule has 0 aliphatic carbocycles. The zero-order valence-corrected chi connectivity index (χ0v) is 12.9. The number of amides is 1. The highest BCUT2D eigenvalue weighted by atomic mass is 32.2. The monoisotopic (exact) mass is 294 g/mol. The van der Waals surface area contributed by atoms with Gasteiger partial charge in [0.25, 0.3) is 0 Å². The first-order valence-corrected chi connectivity index (χ1v) is 8.77. The smallest absolute Gasteiger partial charge is 0.245 e. The van der Waals surface area contributed by atoms with E-state index in [0.717, 1.165) is 18.4 Å². The lowest BCUT2D eigenvalue weighted by molar-refractivity contribution is -0.130. The van der Waals surface area contributed by atoms with E-state index in [1.54, 1.807) is 6.26 Å². The third-order valence-electron chi connectivity index (χ3n) is 3.62. The van der Waals surface area contributed by atoms with Crippen molar-refractivity contribution in [1.82, 2.24) is 10.2 Å². The van der Waals surface area contributed by atoms with Crippen LogP contribution in [0.5, 0.6) is 0 Å². The first kappa shape index (κ1) is 15.2. The van der Waals surface area contributed by atoms with E-state index in [4.69, 9.17) is 0 Å². The molecule has 1 aromatic rings. The van der Waals surface area contributed by atoms with Crippen molar-refractivity contribution in [3.63, 3.8) is 0 Å². The van der Waals surface area contributed by atoms with Crippen LogP contribution in [0.25, 0.3) is 0 Å². The van der Waals surface area contributed by atoms with Gasteiger partial charge in [0, 0.05) is 29.4 Å². The minimum absolute atomic E-state index is 0.0815. The lowest BCUT2D eigenvalue weighted by Gasteiger charge is -2.22. The zero-order chi connectivity index (χ0) is 14.5. The minimum Gasteiger partial charge on any atom is -0.325 e. The maximum Gasteiger partial charge on any atom is 0.245 e. The van der Waals surface area contributed by atoms with Crippen molar-refractivity contribution < 1.29 is 9.00 Å². The number of nitrogens with zero attached hydrogens (tertiary/aromatic N) is 1. The molecule has 3 atom stereocenters. The van der Waals surface area contributed by atoms with Crippen LogP contribution in [0.2, 0.25) is 0 Å². The number of hydrogen-bond donors (Lipinski definition) is 1. The topological polar surface area (TPSA) is 49.4 Å². The van der Waals surface area contributed by atoms with E-state index in [0.29, 0.717) is 12.3 Å². The Hall–Kier alpha value is -1.20. The third-order valence-corrected chi connectivity index (χ3v) is 4.48. The van der Waals surface area contributed by atoms with Crippen molar-refractivity contribution in [2.24, 2.45) is 0 Å². The van der Waals surface area contributed by atoms with Crippen molar-refractivity contribution in [1.29, 1.82) is 0 Å². The fourth-order valence-corrected chi connectivity index (χ4v) is 3.14. The van der Waals surface area contributed by atoms with Gasteiger partial charge in [0.05, 0.1) is 6.17 Å². The largest absolute Gasteiger partial charge is 0.325 e. The molecule has 1 amide bonds. The molecule has 4 nitrogen and oxygen atoms in total. The molecule has 3 unspecified atom stereocenters. The summed E-state index contributed by atoms with van der Waals surface area (Å²) in [5, 5.41) is 3.40. The Labute approximate surface area is 123 Å². The van der Waals surface area contributed by atoms with Gasteiger partial charge < -0.3 is 4.90 Å². The van der Waals surface area contributed by atoms with E-state index in [1.165, 1.54) is 0 Å². The fraction of sp³-hybridized carbons (Fsp3) is 0.533. The number of carbonyl (C=O) groups is 1. The lowest BCUT2D eigenvalue weighted by atomic mass is 10.1. The summed E-state index contributed by atoms with van der Waals surface area (Å²) in [5.74, 6) is 0.779. The number of hydrogen-bond acceptors (Lipinski definition) is 3. The van der Waals surface area contributed by atoms with Crippen LogP contribution in [-0.2, 0) is 15.6 Å². The molecule has 0 saturated carbocycles. The second kappa shape index (κ2) is 6.99. The van der Waals surface area contributed by atoms with Crippen molar-refractivity contribution in [3.8, 4) is 0 Å². The molecule has 1 fully saturated rings. The molecule has 1 aliphatic rings. The summed E-state index contributed by atoms with van der Waals surface area (Å²) in [7, 11) is -0.793. The summed E-state index contributed by atoms with van der Waals surface area (Å²) in [5.41, 5.74) is 1.01. The fourth-order valence-electron chi connectivity index (χ4n) is 2.60. The highest BCUT2D eigenvalue weighted by Crippen LogP contribution is 2.25. The van der Waals surface area contributed by atoms with E-state index < -0.39 is 10.8 Å². The quantitative estimate of drug-likeness (QED) is 0.868. The Kier molecular flexibility index (Phi) is 5.31. The predicted molar refractivity (Wildman–Crippen MR) is 81.7 cm³/mol. The van der Waals surface area contributed by atoms with Gasteiger partial charge in [0.15, 0.2) is 0 Å². The summed E-state index contributed by atoms with van der Waals surface area (Å²) in [6.45, 7) is 2.75. The van der Waals surface area contributed by atoms with E-state index in [-0.39, 0.29) is 18.1 Å². The standard InChI is InChI=1S/C15H22N2O2S/c1-3-13-16-14(12-8-5-4-6-9-12)15(18)17(13)10-7-11-20(2)19/h4-6,8-9,13-14,16H,3,7,10-11H2,1-2H3. The van der Waals surface area contributed by atoms with Crippen molar-refractivity contribution >= 4 is 16.7 Å². The van der Waals surface area contributed by atoms with Crippen LogP contribution >= 0.6 is 0 Å². The molecular weight excluding hydrogens is 272 g/mol. The molecule has 2 rings (SSSR count). The molecule has 1 aliphatic heterocycles. The third kappa shape index (κ3) is 3.46. The Morgan fingerprint density at radius 2 is 2.00 bits per heavy atom. The number of nitrogens with one attached hydrogen (secondary N) is 1. The summed E-state index contributed by atoms with van der Waals surface area (Å²) in [6, 6.07) is 9.57. The van der Waals surface area contributed by atoms with Gasteiger partial charge in [-0.15, -0.1) is 0 Å². The number of benzene rings is 1. The van der Waals surface area contributed by atoms with E-state index >= 15 is 0 Å². The number of rotatable bonds is 6. The normalized spacial score (nSPS) is 24.1. The van der Waals surface area contributed by atoms with Crippen molar-refractivity contribution in [3.05, 3.63) is 35.9 Å². The molecular formula is C15H22N2O2S. The Bertz CT molecular complexity index is 478. The first-order valence-electron chi connectivity index (χ1n) is 7.05. The summed E-state index contributed by atoms with van der Waals surface area (Å²) in [4.78, 5) is 14.4. The molecule has 0 aromatic heterocycles. The van der Waals surface area contributed by atoms with Crippen LogP contribution < -0.4 is 5.32 Å². The molecule has 5 heteroatoms. The zero-order valence-electron chi connectivity index (χ0n) is 12.0. The molecule has 110 valence electrons. The van der Waals surface area contributed by atoms with Gasteiger partial charge in [0.1, 0.15) is 6.04 Å². The molecule has 1 N–H and O–H groups in total. The highest BCUT2D eigenvalue weighted by Gasteiger charge is 2.38. The predicted octanol–water partition coefficient (Wildman–Crippen LogP) is 1.66. The Morgan fingerprint density at radius 3 is 2.60 bits per heavy atom. The van der Waals surface area contributed by atoms with Crippen LogP contribution in [-0.4, -0.2) is 39.7 Å². The van der Waals surface area contributed by atoms with Crippen LogP contribution in [0, 0.1) is 0 Å². The van der Waals surface area contributed by atoms with E-state index in [2.05, 4.69) is 12.2 Å². The van der Waals surface area contributed by atoms with E-state index in [9.17, 15) is 9.00 Å². The Morgan fingerprint density at radius 1 is 1.30 bits per heavy atom. The van der Waals surface area contributed by atoms with Gasteiger partial charge in [-0.25, -0.2) is 0 Å². The van der Waals surface area contributed by atoms with Crippen LogP contribution in [0.15, 0.2) is 30.3 Å². The summed E-state index contributed by atoms with van der Waals surface area (Å²) in [6.07, 6.45) is 3.45. The van der Waals surface area contributed by atoms with E-state index in [1.807, 2.05) is 35.2 Å². The van der Waals surface area contributed by atoms with Crippen molar-refractivity contribution in [2.45, 2.75) is 32.0 Å². The molecule has 1 saturated heterocycles. The van der Waals surface area contributed by atoms with Crippen molar-refractivity contribution in [2.75, 3.05) is 18.6 Å². The summed E-state index contributed by atoms with van der Waals surface area (Å²) >= 11 is 0. The Balaban J connectivity index is 2.05. The van der Waals surface area contributed by atoms with Crippen LogP contribution in [0.4, 0.5) is 0 Å². The first-order chi connectivity index (χ1) is 9.63. The maximum atomic E-state index is 12.5. The molecule has 20 heavy (non-hydrogen) atoms. The van der Waals surface area contributed by atoms with Gasteiger partial charge in [0.2, 0.25) is 5.91 Å². The van der Waals surface area contributed by atoms with Crippen LogP contribution in [0.1, 0.15) is 31.4 Å². The maximum absolute atomic E-state index is 12.5. The molecule has 0 spiro atoms. The molecule has 1 heterocycles. The van der Waals surface area contributed by atoms with Gasteiger partial charge in [-0.3, -0.25) is 14.3 Å². The SMILES string of the molecule is CCC1NC(c2ccccc2)C(=O)N1CCCS(C)=O. The second-order valence-corrected chi connectivity index (χ2v) is 6.65. The minimum atomic E-state index is -0.793. The highest BCUT2D eigenvalue weighted by molar-refractivity contribution is 7.84. The average Bonchev–Trinajstić information content (AvgIpc) is 2.76. The summed E-state index contributed by atoms with van der Waals surface area (Å²) < 4.78 is 11.1. The van der Waals surface area contributed by atoms with Gasteiger partial charge in [-0.05, 0) is 18.4 Å². The van der Waals surface area contributed by atoms with Crippen LogP contribution in [0.3, 0.4) is 0 Å². The van der Waals surface area contributed by atoms with Gasteiger partial charge >= 0.3 is 0 Å². The molecule has 0 radical (unpaired) electrons. The molecule has 1 aromatic carbocycles. The number of carbonyl (C=O) groups excluding carboxylic acids is 1. The van der Waals surface area contributed by atoms with Gasteiger partial charge in [-0.1, -0.05) is 37.3 Å². The lowest BCUT2D eigenvalue weighted by Crippen LogP contribution is -2.37.